The van der Waals surface area contributed by atoms with E-state index in [0.717, 1.165) is 11.3 Å². The maximum Gasteiger partial charge on any atom is 0.410 e. The lowest BCUT2D eigenvalue weighted by Gasteiger charge is -2.37. The van der Waals surface area contributed by atoms with Crippen LogP contribution in [0.5, 0.6) is 0 Å². The van der Waals surface area contributed by atoms with Crippen LogP contribution in [-0.2, 0) is 11.3 Å². The number of piperidine rings is 1. The largest absolute Gasteiger partial charge is 0.445 e. The van der Waals surface area contributed by atoms with Crippen LogP contribution in [0.25, 0.3) is 0 Å². The van der Waals surface area contributed by atoms with E-state index in [-0.39, 0.29) is 12.7 Å². The van der Waals surface area contributed by atoms with Crippen molar-refractivity contribution in [1.29, 1.82) is 5.26 Å². The number of benzene rings is 2. The number of carbonyl (C=O) groups is 1. The van der Waals surface area contributed by atoms with Gasteiger partial charge in [0.2, 0.25) is 0 Å². The van der Waals surface area contributed by atoms with Gasteiger partial charge in [0.25, 0.3) is 0 Å². The Kier molecular flexibility index (Phi) is 5.20. The van der Waals surface area contributed by atoms with Crippen molar-refractivity contribution in [3.05, 3.63) is 66.2 Å². The summed E-state index contributed by atoms with van der Waals surface area (Å²) in [4.78, 5) is 13.9. The SMILES string of the molecule is N#CC1(Nc2ccccc2)CCN(C(=O)OCc2ccccc2)CC1. The number of hydrogen-bond acceptors (Lipinski definition) is 4. The molecule has 0 unspecified atom stereocenters. The average Bonchev–Trinajstić information content (AvgIpc) is 2.68. The molecule has 1 aliphatic heterocycles. The summed E-state index contributed by atoms with van der Waals surface area (Å²) in [5.74, 6) is 0. The lowest BCUT2D eigenvalue weighted by atomic mass is 9.89. The van der Waals surface area contributed by atoms with Crippen molar-refractivity contribution in [3.63, 3.8) is 0 Å². The highest BCUT2D eigenvalue weighted by Gasteiger charge is 2.36. The second kappa shape index (κ2) is 7.71. The van der Waals surface area contributed by atoms with Crippen molar-refractivity contribution < 1.29 is 9.53 Å². The molecule has 0 spiro atoms. The smallest absolute Gasteiger partial charge is 0.410 e. The Morgan fingerprint density at radius 2 is 1.68 bits per heavy atom. The van der Waals surface area contributed by atoms with Crippen LogP contribution in [0, 0.1) is 11.3 Å². The van der Waals surface area contributed by atoms with Gasteiger partial charge in [0, 0.05) is 31.6 Å². The van der Waals surface area contributed by atoms with E-state index in [1.807, 2.05) is 60.7 Å². The second-order valence-corrected chi connectivity index (χ2v) is 6.21. The molecule has 0 bridgehead atoms. The van der Waals surface area contributed by atoms with Gasteiger partial charge in [-0.3, -0.25) is 0 Å². The third-order valence-electron chi connectivity index (χ3n) is 4.45. The summed E-state index contributed by atoms with van der Waals surface area (Å²) < 4.78 is 5.37. The van der Waals surface area contributed by atoms with Crippen molar-refractivity contribution >= 4 is 11.8 Å². The van der Waals surface area contributed by atoms with E-state index in [1.54, 1.807) is 4.90 Å². The van der Waals surface area contributed by atoms with Crippen molar-refractivity contribution in [2.75, 3.05) is 18.4 Å². The van der Waals surface area contributed by atoms with Gasteiger partial charge in [-0.15, -0.1) is 0 Å². The highest BCUT2D eigenvalue weighted by molar-refractivity contribution is 5.68. The fourth-order valence-corrected chi connectivity index (χ4v) is 2.94. The van der Waals surface area contributed by atoms with Gasteiger partial charge in [-0.25, -0.2) is 4.79 Å². The number of rotatable bonds is 4. The van der Waals surface area contributed by atoms with Gasteiger partial charge in [0.05, 0.1) is 6.07 Å². The minimum Gasteiger partial charge on any atom is -0.445 e. The number of amides is 1. The predicted molar refractivity (Wildman–Crippen MR) is 95.8 cm³/mol. The van der Waals surface area contributed by atoms with Crippen LogP contribution >= 0.6 is 0 Å². The molecular weight excluding hydrogens is 314 g/mol. The summed E-state index contributed by atoms with van der Waals surface area (Å²) in [6.45, 7) is 1.27. The van der Waals surface area contributed by atoms with Gasteiger partial charge >= 0.3 is 6.09 Å². The molecule has 2 aromatic carbocycles. The van der Waals surface area contributed by atoms with Gasteiger partial charge in [0.1, 0.15) is 12.1 Å². The molecule has 0 saturated carbocycles. The molecule has 128 valence electrons. The maximum absolute atomic E-state index is 12.2. The summed E-state index contributed by atoms with van der Waals surface area (Å²) in [5, 5.41) is 13.0. The predicted octanol–water partition coefficient (Wildman–Crippen LogP) is 3.79. The molecule has 0 atom stereocenters. The Morgan fingerprint density at radius 3 is 2.28 bits per heavy atom. The molecule has 5 nitrogen and oxygen atoms in total. The van der Waals surface area contributed by atoms with Crippen molar-refractivity contribution in [1.82, 2.24) is 4.90 Å². The number of para-hydroxylation sites is 1. The van der Waals surface area contributed by atoms with E-state index in [0.29, 0.717) is 25.9 Å². The number of nitrogens with one attached hydrogen (secondary N) is 1. The summed E-state index contributed by atoms with van der Waals surface area (Å²) in [5.41, 5.74) is 1.24. The highest BCUT2D eigenvalue weighted by atomic mass is 16.6. The molecule has 1 amide bonds. The van der Waals surface area contributed by atoms with E-state index in [2.05, 4.69) is 11.4 Å². The lowest BCUT2D eigenvalue weighted by Crippen LogP contribution is -2.50. The van der Waals surface area contributed by atoms with Crippen LogP contribution in [0.4, 0.5) is 10.5 Å². The van der Waals surface area contributed by atoms with Crippen LogP contribution in [0.2, 0.25) is 0 Å². The number of likely N-dealkylation sites (tertiary alicyclic amines) is 1. The topological polar surface area (TPSA) is 65.4 Å². The molecule has 0 aromatic heterocycles. The quantitative estimate of drug-likeness (QED) is 0.923. The first-order valence-corrected chi connectivity index (χ1v) is 8.41. The minimum atomic E-state index is -0.641. The number of anilines is 1. The van der Waals surface area contributed by atoms with Crippen molar-refractivity contribution in [2.45, 2.75) is 25.0 Å². The normalized spacial score (nSPS) is 15.9. The average molecular weight is 335 g/mol. The van der Waals surface area contributed by atoms with Crippen LogP contribution in [0.1, 0.15) is 18.4 Å². The summed E-state index contributed by atoms with van der Waals surface area (Å²) in [6, 6.07) is 21.7. The molecule has 1 heterocycles. The van der Waals surface area contributed by atoms with Crippen LogP contribution in [0.15, 0.2) is 60.7 Å². The molecule has 1 aliphatic rings. The first-order chi connectivity index (χ1) is 12.2. The third kappa shape index (κ3) is 4.30. The number of nitriles is 1. The zero-order valence-corrected chi connectivity index (χ0v) is 14.0. The monoisotopic (exact) mass is 335 g/mol. The van der Waals surface area contributed by atoms with Crippen LogP contribution in [-0.4, -0.2) is 29.6 Å². The molecule has 1 N–H and O–H groups in total. The van der Waals surface area contributed by atoms with Gasteiger partial charge in [0.15, 0.2) is 0 Å². The number of hydrogen-bond donors (Lipinski definition) is 1. The standard InChI is InChI=1S/C20H21N3O2/c21-16-20(22-18-9-5-2-6-10-18)11-13-23(14-12-20)19(24)25-15-17-7-3-1-4-8-17/h1-10,22H,11-15H2. The van der Waals surface area contributed by atoms with E-state index in [4.69, 9.17) is 4.74 Å². The molecule has 5 heteroatoms. The van der Waals surface area contributed by atoms with Gasteiger partial charge in [-0.1, -0.05) is 48.5 Å². The second-order valence-electron chi connectivity index (χ2n) is 6.21. The van der Waals surface area contributed by atoms with Gasteiger partial charge in [-0.05, 0) is 17.7 Å². The lowest BCUT2D eigenvalue weighted by molar-refractivity contribution is 0.0847. The Bertz CT molecular complexity index is 733. The fraction of sp³-hybridized carbons (Fsp3) is 0.300. The highest BCUT2D eigenvalue weighted by Crippen LogP contribution is 2.27. The van der Waals surface area contributed by atoms with Gasteiger partial charge < -0.3 is 15.0 Å². The third-order valence-corrected chi connectivity index (χ3v) is 4.45. The molecule has 2 aromatic rings. The number of ether oxygens (including phenoxy) is 1. The van der Waals surface area contributed by atoms with E-state index >= 15 is 0 Å². The molecule has 0 radical (unpaired) electrons. The molecule has 0 aliphatic carbocycles. The van der Waals surface area contributed by atoms with E-state index < -0.39 is 5.54 Å². The van der Waals surface area contributed by atoms with Crippen molar-refractivity contribution in [2.24, 2.45) is 0 Å². The first-order valence-electron chi connectivity index (χ1n) is 8.41. The van der Waals surface area contributed by atoms with Crippen LogP contribution in [0.3, 0.4) is 0 Å². The minimum absolute atomic E-state index is 0.266. The molecular formula is C20H21N3O2. The van der Waals surface area contributed by atoms with Gasteiger partial charge in [-0.2, -0.15) is 5.26 Å². The van der Waals surface area contributed by atoms with E-state index in [1.165, 1.54) is 0 Å². The summed E-state index contributed by atoms with van der Waals surface area (Å²) in [6.07, 6.45) is 0.813. The van der Waals surface area contributed by atoms with Crippen molar-refractivity contribution in [3.8, 4) is 6.07 Å². The summed E-state index contributed by atoms with van der Waals surface area (Å²) in [7, 11) is 0. The number of nitrogens with zero attached hydrogens (tertiary/aromatic N) is 2. The molecule has 25 heavy (non-hydrogen) atoms. The maximum atomic E-state index is 12.2. The van der Waals surface area contributed by atoms with E-state index in [9.17, 15) is 10.1 Å². The Balaban J connectivity index is 1.53. The Hall–Kier alpha value is -3.00. The molecule has 3 rings (SSSR count). The Labute approximate surface area is 147 Å². The van der Waals surface area contributed by atoms with Crippen LogP contribution < -0.4 is 5.32 Å². The zero-order valence-electron chi connectivity index (χ0n) is 14.0. The Morgan fingerprint density at radius 1 is 1.08 bits per heavy atom. The molecule has 1 saturated heterocycles. The first kappa shape index (κ1) is 16.8. The zero-order chi connectivity index (χ0) is 17.5. The summed E-state index contributed by atoms with van der Waals surface area (Å²) >= 11 is 0. The fourth-order valence-electron chi connectivity index (χ4n) is 2.94. The number of carbonyl (C=O) groups excluding carboxylic acids is 1. The molecule has 1 fully saturated rings.